The van der Waals surface area contributed by atoms with Gasteiger partial charge in [-0.15, -0.1) is 11.8 Å². The van der Waals surface area contributed by atoms with Crippen molar-refractivity contribution in [2.75, 3.05) is 0 Å². The average Bonchev–Trinajstić information content (AvgIpc) is 3.10. The van der Waals surface area contributed by atoms with Crippen molar-refractivity contribution in [2.24, 2.45) is 0 Å². The predicted octanol–water partition coefficient (Wildman–Crippen LogP) is 6.60. The van der Waals surface area contributed by atoms with Crippen LogP contribution in [0.25, 0.3) is 22.0 Å². The molecular weight excluding hydrogens is 334 g/mol. The Morgan fingerprint density at radius 1 is 0.846 bits per heavy atom. The van der Waals surface area contributed by atoms with E-state index in [2.05, 4.69) is 85.8 Å². The maximum absolute atomic E-state index is 5.01. The summed E-state index contributed by atoms with van der Waals surface area (Å²) in [6.07, 6.45) is 0.994. The van der Waals surface area contributed by atoms with Crippen molar-refractivity contribution in [1.29, 1.82) is 0 Å². The van der Waals surface area contributed by atoms with Crippen molar-refractivity contribution in [3.8, 4) is 11.1 Å². The monoisotopic (exact) mass is 353 g/mol. The molecule has 0 radical (unpaired) electrons. The number of thioether (sulfide) groups is 1. The van der Waals surface area contributed by atoms with Gasteiger partial charge in [0.25, 0.3) is 0 Å². The molecule has 0 aliphatic carbocycles. The molecule has 2 heterocycles. The van der Waals surface area contributed by atoms with Crippen molar-refractivity contribution in [1.82, 2.24) is 4.98 Å². The smallest absolute Gasteiger partial charge is 0.0712 e. The lowest BCUT2D eigenvalue weighted by Crippen LogP contribution is -1.95. The standard InChI is InChI=1S/C24H19NS/c1-16-11-13-17(14-12-16)22-15-21-24(26-22)23(18-7-3-2-4-8-18)19-9-5-6-10-20(19)25-21/h2-14,22H,15H2,1H3. The molecule has 0 saturated heterocycles. The van der Waals surface area contributed by atoms with Crippen LogP contribution in [0.1, 0.15) is 22.1 Å². The number of rotatable bonds is 2. The van der Waals surface area contributed by atoms with Gasteiger partial charge in [-0.1, -0.05) is 78.4 Å². The Kier molecular flexibility index (Phi) is 3.79. The lowest BCUT2D eigenvalue weighted by atomic mass is 9.98. The molecule has 0 amide bonds. The van der Waals surface area contributed by atoms with Crippen molar-refractivity contribution >= 4 is 22.7 Å². The maximum atomic E-state index is 5.01. The van der Waals surface area contributed by atoms with E-state index in [1.165, 1.54) is 38.2 Å². The van der Waals surface area contributed by atoms with E-state index in [1.807, 2.05) is 11.8 Å². The van der Waals surface area contributed by atoms with E-state index in [9.17, 15) is 0 Å². The van der Waals surface area contributed by atoms with Crippen LogP contribution < -0.4 is 0 Å². The summed E-state index contributed by atoms with van der Waals surface area (Å²) < 4.78 is 0. The summed E-state index contributed by atoms with van der Waals surface area (Å²) in [5, 5.41) is 1.69. The summed E-state index contributed by atoms with van der Waals surface area (Å²) in [7, 11) is 0. The minimum Gasteiger partial charge on any atom is -0.252 e. The van der Waals surface area contributed by atoms with Crippen molar-refractivity contribution in [2.45, 2.75) is 23.5 Å². The zero-order chi connectivity index (χ0) is 17.5. The second-order valence-electron chi connectivity index (χ2n) is 6.87. The molecule has 1 nitrogen and oxygen atoms in total. The molecule has 0 bridgehead atoms. The molecular formula is C24H19NS. The SMILES string of the molecule is Cc1ccc(C2Cc3nc4ccccc4c(-c4ccccc4)c3S2)cc1. The molecule has 0 spiro atoms. The van der Waals surface area contributed by atoms with Crippen LogP contribution >= 0.6 is 11.8 Å². The van der Waals surface area contributed by atoms with Crippen LogP contribution in [-0.2, 0) is 6.42 Å². The fraction of sp³-hybridized carbons (Fsp3) is 0.125. The van der Waals surface area contributed by atoms with Gasteiger partial charge in [0.05, 0.1) is 11.2 Å². The molecule has 5 rings (SSSR count). The van der Waals surface area contributed by atoms with Gasteiger partial charge in [0.1, 0.15) is 0 Å². The molecule has 3 aromatic carbocycles. The minimum atomic E-state index is 0.442. The predicted molar refractivity (Wildman–Crippen MR) is 111 cm³/mol. The van der Waals surface area contributed by atoms with Crippen LogP contribution in [0.5, 0.6) is 0 Å². The maximum Gasteiger partial charge on any atom is 0.0712 e. The first-order chi connectivity index (χ1) is 12.8. The Labute approximate surface area is 158 Å². The highest BCUT2D eigenvalue weighted by Gasteiger charge is 2.29. The molecule has 0 fully saturated rings. The number of fused-ring (bicyclic) bond motifs is 2. The molecule has 26 heavy (non-hydrogen) atoms. The first-order valence-corrected chi connectivity index (χ1v) is 9.88. The van der Waals surface area contributed by atoms with E-state index in [1.54, 1.807) is 0 Å². The first kappa shape index (κ1) is 15.7. The summed E-state index contributed by atoms with van der Waals surface area (Å²) in [6.45, 7) is 2.14. The third kappa shape index (κ3) is 2.62. The Bertz CT molecular complexity index is 1080. The quantitative estimate of drug-likeness (QED) is 0.403. The fourth-order valence-corrected chi connectivity index (χ4v) is 5.16. The number of aryl methyl sites for hydroxylation is 1. The van der Waals surface area contributed by atoms with E-state index in [0.717, 1.165) is 11.9 Å². The topological polar surface area (TPSA) is 12.9 Å². The Morgan fingerprint density at radius 2 is 1.58 bits per heavy atom. The second-order valence-corrected chi connectivity index (χ2v) is 8.08. The van der Waals surface area contributed by atoms with Crippen molar-refractivity contribution in [3.63, 3.8) is 0 Å². The van der Waals surface area contributed by atoms with Gasteiger partial charge in [-0.3, -0.25) is 4.98 Å². The summed E-state index contributed by atoms with van der Waals surface area (Å²) in [4.78, 5) is 6.36. The van der Waals surface area contributed by atoms with E-state index >= 15 is 0 Å². The van der Waals surface area contributed by atoms with Gasteiger partial charge in [-0.05, 0) is 24.1 Å². The van der Waals surface area contributed by atoms with Gasteiger partial charge in [0, 0.05) is 27.5 Å². The highest BCUT2D eigenvalue weighted by atomic mass is 32.2. The number of nitrogens with zero attached hydrogens (tertiary/aromatic N) is 1. The van der Waals surface area contributed by atoms with Gasteiger partial charge in [0.2, 0.25) is 0 Å². The van der Waals surface area contributed by atoms with Gasteiger partial charge in [0.15, 0.2) is 0 Å². The summed E-state index contributed by atoms with van der Waals surface area (Å²) in [6, 6.07) is 28.2. The number of aromatic nitrogens is 1. The summed E-state index contributed by atoms with van der Waals surface area (Å²) >= 11 is 1.97. The Hall–Kier alpha value is -2.58. The summed E-state index contributed by atoms with van der Waals surface area (Å²) in [5.74, 6) is 0. The molecule has 2 heteroatoms. The molecule has 1 aromatic heterocycles. The van der Waals surface area contributed by atoms with Crippen LogP contribution in [0, 0.1) is 6.92 Å². The molecule has 126 valence electrons. The number of para-hydroxylation sites is 1. The number of hydrogen-bond donors (Lipinski definition) is 0. The average molecular weight is 353 g/mol. The highest BCUT2D eigenvalue weighted by molar-refractivity contribution is 8.00. The molecule has 0 saturated carbocycles. The molecule has 1 atom stereocenters. The van der Waals surface area contributed by atoms with E-state index in [-0.39, 0.29) is 0 Å². The first-order valence-electron chi connectivity index (χ1n) is 9.00. The van der Waals surface area contributed by atoms with Crippen LogP contribution in [0.15, 0.2) is 83.8 Å². The van der Waals surface area contributed by atoms with Crippen LogP contribution in [0.2, 0.25) is 0 Å². The number of hydrogen-bond acceptors (Lipinski definition) is 2. The van der Waals surface area contributed by atoms with Gasteiger partial charge in [-0.2, -0.15) is 0 Å². The molecule has 1 aliphatic rings. The fourth-order valence-electron chi connectivity index (χ4n) is 3.73. The van der Waals surface area contributed by atoms with Gasteiger partial charge >= 0.3 is 0 Å². The third-order valence-corrected chi connectivity index (χ3v) is 6.47. The van der Waals surface area contributed by atoms with Gasteiger partial charge < -0.3 is 0 Å². The number of pyridine rings is 1. The zero-order valence-corrected chi connectivity index (χ0v) is 15.5. The Balaban J connectivity index is 1.69. The second kappa shape index (κ2) is 6.30. The normalized spacial score (nSPS) is 16.0. The minimum absolute atomic E-state index is 0.442. The van der Waals surface area contributed by atoms with E-state index in [4.69, 9.17) is 4.98 Å². The zero-order valence-electron chi connectivity index (χ0n) is 14.6. The number of benzene rings is 3. The third-order valence-electron chi connectivity index (χ3n) is 5.07. The molecule has 0 N–H and O–H groups in total. The van der Waals surface area contributed by atoms with Crippen molar-refractivity contribution < 1.29 is 0 Å². The largest absolute Gasteiger partial charge is 0.252 e. The molecule has 4 aromatic rings. The molecule has 1 aliphatic heterocycles. The highest BCUT2D eigenvalue weighted by Crippen LogP contribution is 2.51. The lowest BCUT2D eigenvalue weighted by molar-refractivity contribution is 0.911. The van der Waals surface area contributed by atoms with Crippen LogP contribution in [0.4, 0.5) is 0 Å². The van der Waals surface area contributed by atoms with Crippen LogP contribution in [0.3, 0.4) is 0 Å². The van der Waals surface area contributed by atoms with E-state index in [0.29, 0.717) is 5.25 Å². The van der Waals surface area contributed by atoms with E-state index < -0.39 is 0 Å². The lowest BCUT2D eigenvalue weighted by Gasteiger charge is -2.12. The molecule has 1 unspecified atom stereocenters. The van der Waals surface area contributed by atoms with Crippen LogP contribution in [-0.4, -0.2) is 4.98 Å². The van der Waals surface area contributed by atoms with Crippen molar-refractivity contribution in [3.05, 3.63) is 95.7 Å². The van der Waals surface area contributed by atoms with Gasteiger partial charge in [-0.25, -0.2) is 0 Å². The Morgan fingerprint density at radius 3 is 2.38 bits per heavy atom. The summed E-state index contributed by atoms with van der Waals surface area (Å²) in [5.41, 5.74) is 7.64.